The molecule has 0 aliphatic carbocycles. The van der Waals surface area contributed by atoms with E-state index in [4.69, 9.17) is 15.6 Å². The van der Waals surface area contributed by atoms with Gasteiger partial charge in [-0.25, -0.2) is 13.2 Å². The number of pyridine rings is 1. The Morgan fingerprint density at radius 3 is 2.51 bits per heavy atom. The molecule has 0 spiro atoms. The number of carboxylic acid groups (broad SMARTS) is 1. The van der Waals surface area contributed by atoms with Crippen molar-refractivity contribution < 1.29 is 27.9 Å². The number of sulfone groups is 1. The van der Waals surface area contributed by atoms with Crippen LogP contribution in [0, 0.1) is 6.92 Å². The number of hydrogen-bond acceptors (Lipinski definition) is 7. The highest BCUT2D eigenvalue weighted by Gasteiger charge is 2.22. The molecule has 1 heterocycles. The molecular formula is C26H24N4O6S. The summed E-state index contributed by atoms with van der Waals surface area (Å²) in [5.41, 5.74) is 8.17. The van der Waals surface area contributed by atoms with Crippen molar-refractivity contribution in [2.75, 3.05) is 12.4 Å². The number of primary amides is 1. The Hall–Kier alpha value is -4.64. The van der Waals surface area contributed by atoms with Crippen molar-refractivity contribution in [3.63, 3.8) is 0 Å². The van der Waals surface area contributed by atoms with Gasteiger partial charge in [0.05, 0.1) is 33.7 Å². The molecule has 0 bridgehead atoms. The Balaban J connectivity index is 1.87. The fraction of sp³-hybridized carbons (Fsp3) is 0.115. The zero-order chi connectivity index (χ0) is 26.7. The zero-order valence-corrected chi connectivity index (χ0v) is 20.8. The number of carbonyl (C=O) groups excluding carboxylic acids is 1. The van der Waals surface area contributed by atoms with Crippen LogP contribution in [0.15, 0.2) is 76.7 Å². The molecule has 3 aromatic carbocycles. The van der Waals surface area contributed by atoms with Crippen LogP contribution in [0.5, 0.6) is 5.75 Å². The summed E-state index contributed by atoms with van der Waals surface area (Å²) in [6.45, 7) is 1.68. The molecule has 37 heavy (non-hydrogen) atoms. The van der Waals surface area contributed by atoms with E-state index in [1.165, 1.54) is 37.6 Å². The van der Waals surface area contributed by atoms with E-state index in [-0.39, 0.29) is 21.9 Å². The van der Waals surface area contributed by atoms with E-state index >= 15 is 0 Å². The van der Waals surface area contributed by atoms with Gasteiger partial charge < -0.3 is 26.2 Å². The molecule has 0 aliphatic heterocycles. The maximum atomic E-state index is 13.6. The third-order valence-corrected chi connectivity index (χ3v) is 7.43. The molecule has 1 aromatic heterocycles. The Kier molecular flexibility index (Phi) is 6.98. The first-order valence-electron chi connectivity index (χ1n) is 11.0. The third-order valence-electron chi connectivity index (χ3n) is 5.70. The molecule has 4 rings (SSSR count). The highest BCUT2D eigenvalue weighted by Crippen LogP contribution is 2.35. The van der Waals surface area contributed by atoms with Gasteiger partial charge in [0.25, 0.3) is 5.91 Å². The number of aryl methyl sites for hydroxylation is 1. The number of methoxy groups -OCH3 is 1. The van der Waals surface area contributed by atoms with Crippen LogP contribution in [0.4, 0.5) is 16.2 Å². The fourth-order valence-electron chi connectivity index (χ4n) is 3.91. The number of anilines is 2. The molecule has 5 N–H and O–H groups in total. The number of hydrogen-bond donors (Lipinski definition) is 4. The molecule has 0 saturated carbocycles. The topological polar surface area (TPSA) is 161 Å². The van der Waals surface area contributed by atoms with Crippen LogP contribution in [0.2, 0.25) is 0 Å². The van der Waals surface area contributed by atoms with Crippen molar-refractivity contribution in [1.82, 2.24) is 10.3 Å². The predicted molar refractivity (Wildman–Crippen MR) is 138 cm³/mol. The lowest BCUT2D eigenvalue weighted by atomic mass is 10.1. The summed E-state index contributed by atoms with van der Waals surface area (Å²) in [7, 11) is -2.48. The van der Waals surface area contributed by atoms with Gasteiger partial charge in [-0.05, 0) is 54.4 Å². The van der Waals surface area contributed by atoms with E-state index in [1.54, 1.807) is 43.3 Å². The second-order valence-electron chi connectivity index (χ2n) is 8.21. The SMILES string of the molecule is COc1cccc(Nc2c(C(N)=O)cnc3c(C)cc(S(=O)(=O)c4cccc(CNC(=O)O)c4)cc23)c1. The lowest BCUT2D eigenvalue weighted by Gasteiger charge is -2.16. The van der Waals surface area contributed by atoms with Gasteiger partial charge in [-0.3, -0.25) is 9.78 Å². The van der Waals surface area contributed by atoms with Gasteiger partial charge in [0.15, 0.2) is 0 Å². The Morgan fingerprint density at radius 2 is 1.81 bits per heavy atom. The van der Waals surface area contributed by atoms with Crippen LogP contribution in [-0.4, -0.2) is 37.6 Å². The van der Waals surface area contributed by atoms with E-state index < -0.39 is 21.8 Å². The first kappa shape index (κ1) is 25.5. The number of aromatic nitrogens is 1. The average Bonchev–Trinajstić information content (AvgIpc) is 2.87. The smallest absolute Gasteiger partial charge is 0.404 e. The zero-order valence-electron chi connectivity index (χ0n) is 20.0. The Morgan fingerprint density at radius 1 is 1.05 bits per heavy atom. The quantitative estimate of drug-likeness (QED) is 0.271. The molecular weight excluding hydrogens is 496 g/mol. The van der Waals surface area contributed by atoms with E-state index in [0.717, 1.165) is 0 Å². The minimum absolute atomic E-state index is 0.00254. The molecule has 0 radical (unpaired) electrons. The lowest BCUT2D eigenvalue weighted by molar-refractivity contribution is 0.100. The van der Waals surface area contributed by atoms with Gasteiger partial charge in [0.1, 0.15) is 5.75 Å². The van der Waals surface area contributed by atoms with Crippen molar-refractivity contribution in [2.24, 2.45) is 5.73 Å². The standard InChI is InChI=1S/C26H24N4O6S/c1-15-9-20(37(34,35)19-8-3-5-16(10-19)13-29-26(32)33)12-21-23(15)28-14-22(25(27)31)24(21)30-17-6-4-7-18(11-17)36-2/h3-12,14,29H,13H2,1-2H3,(H2,27,31)(H,28,30)(H,32,33). The normalized spacial score (nSPS) is 11.2. The second kappa shape index (κ2) is 10.2. The summed E-state index contributed by atoms with van der Waals surface area (Å²) in [6, 6.07) is 16.0. The molecule has 0 atom stereocenters. The molecule has 0 fully saturated rings. The number of nitrogens with zero attached hydrogens (tertiary/aromatic N) is 1. The summed E-state index contributed by atoms with van der Waals surface area (Å²) in [5, 5.41) is 14.6. The number of nitrogens with two attached hydrogens (primary N) is 1. The number of benzene rings is 3. The Labute approximate surface area is 213 Å². The highest BCUT2D eigenvalue weighted by atomic mass is 32.2. The number of carbonyl (C=O) groups is 2. The molecule has 190 valence electrons. The molecule has 0 saturated heterocycles. The summed E-state index contributed by atoms with van der Waals surface area (Å²) in [5.74, 6) is -0.148. The first-order valence-corrected chi connectivity index (χ1v) is 12.5. The molecule has 2 amide bonds. The van der Waals surface area contributed by atoms with E-state index in [1.807, 2.05) is 0 Å². The summed E-state index contributed by atoms with van der Waals surface area (Å²) >= 11 is 0. The number of fused-ring (bicyclic) bond motifs is 1. The van der Waals surface area contributed by atoms with Crippen molar-refractivity contribution in [1.29, 1.82) is 0 Å². The van der Waals surface area contributed by atoms with Gasteiger partial charge in [-0.1, -0.05) is 18.2 Å². The van der Waals surface area contributed by atoms with Gasteiger partial charge in [-0.2, -0.15) is 0 Å². The molecule has 4 aromatic rings. The van der Waals surface area contributed by atoms with Crippen LogP contribution in [0.3, 0.4) is 0 Å². The van der Waals surface area contributed by atoms with Crippen molar-refractivity contribution in [3.05, 3.63) is 83.6 Å². The molecule has 0 unspecified atom stereocenters. The molecule has 11 heteroatoms. The lowest BCUT2D eigenvalue weighted by Crippen LogP contribution is -2.20. The van der Waals surface area contributed by atoms with Gasteiger partial charge in [-0.15, -0.1) is 0 Å². The maximum Gasteiger partial charge on any atom is 0.404 e. The van der Waals surface area contributed by atoms with E-state index in [2.05, 4.69) is 15.6 Å². The van der Waals surface area contributed by atoms with Crippen LogP contribution in [0.1, 0.15) is 21.5 Å². The number of ether oxygens (including phenoxy) is 1. The average molecular weight is 521 g/mol. The number of rotatable bonds is 8. The minimum Gasteiger partial charge on any atom is -0.497 e. The predicted octanol–water partition coefficient (Wildman–Crippen LogP) is 3.99. The van der Waals surface area contributed by atoms with Crippen LogP contribution in [-0.2, 0) is 16.4 Å². The van der Waals surface area contributed by atoms with Crippen LogP contribution < -0.4 is 21.1 Å². The van der Waals surface area contributed by atoms with Gasteiger partial charge >= 0.3 is 6.09 Å². The Bertz CT molecular complexity index is 1640. The highest BCUT2D eigenvalue weighted by molar-refractivity contribution is 7.91. The summed E-state index contributed by atoms with van der Waals surface area (Å²) in [4.78, 5) is 27.4. The summed E-state index contributed by atoms with van der Waals surface area (Å²) < 4.78 is 32.5. The first-order chi connectivity index (χ1) is 17.6. The summed E-state index contributed by atoms with van der Waals surface area (Å²) in [6.07, 6.45) is 0.139. The van der Waals surface area contributed by atoms with Crippen molar-refractivity contribution >= 4 is 44.1 Å². The van der Waals surface area contributed by atoms with Crippen molar-refractivity contribution in [2.45, 2.75) is 23.3 Å². The molecule has 10 nitrogen and oxygen atoms in total. The van der Waals surface area contributed by atoms with Gasteiger partial charge in [0.2, 0.25) is 9.84 Å². The maximum absolute atomic E-state index is 13.6. The van der Waals surface area contributed by atoms with Gasteiger partial charge in [0, 0.05) is 29.9 Å². The molecule has 0 aliphatic rings. The van der Waals surface area contributed by atoms with E-state index in [0.29, 0.717) is 39.2 Å². The fourth-order valence-corrected chi connectivity index (χ4v) is 5.35. The van der Waals surface area contributed by atoms with Crippen molar-refractivity contribution in [3.8, 4) is 5.75 Å². The van der Waals surface area contributed by atoms with Crippen LogP contribution >= 0.6 is 0 Å². The van der Waals surface area contributed by atoms with E-state index in [9.17, 15) is 18.0 Å². The number of nitrogens with one attached hydrogen (secondary N) is 2. The van der Waals surface area contributed by atoms with Crippen LogP contribution in [0.25, 0.3) is 10.9 Å². The number of amides is 2. The minimum atomic E-state index is -4.01. The monoisotopic (exact) mass is 520 g/mol. The second-order valence-corrected chi connectivity index (χ2v) is 10.2. The largest absolute Gasteiger partial charge is 0.497 e. The third kappa shape index (κ3) is 5.31.